The van der Waals surface area contributed by atoms with Crippen LogP contribution in [0, 0.1) is 13.8 Å². The Morgan fingerprint density at radius 2 is 1.86 bits per heavy atom. The number of nitrogens with zero attached hydrogens (tertiary/aromatic N) is 1. The van der Waals surface area contributed by atoms with E-state index in [2.05, 4.69) is 18.8 Å². The predicted octanol–water partition coefficient (Wildman–Crippen LogP) is 3.18. The molecule has 78 valence electrons. The lowest BCUT2D eigenvalue weighted by atomic mass is 10.0. The van der Waals surface area contributed by atoms with Crippen LogP contribution in [0.25, 0.3) is 0 Å². The lowest BCUT2D eigenvalue weighted by molar-refractivity contribution is 1.02. The highest BCUT2D eigenvalue weighted by molar-refractivity contribution is 5.43. The minimum absolute atomic E-state index is 0.648. The van der Waals surface area contributed by atoms with Crippen molar-refractivity contribution in [1.29, 1.82) is 0 Å². The fourth-order valence-electron chi connectivity index (χ4n) is 1.86. The SMILES string of the molecule is CC.Cc1cc(N)nc(C)c1C1CC1. The van der Waals surface area contributed by atoms with Crippen molar-refractivity contribution in [3.05, 3.63) is 22.9 Å². The molecule has 0 atom stereocenters. The van der Waals surface area contributed by atoms with E-state index in [-0.39, 0.29) is 0 Å². The number of aryl methyl sites for hydroxylation is 2. The normalized spacial score (nSPS) is 14.6. The van der Waals surface area contributed by atoms with E-state index in [4.69, 9.17) is 5.73 Å². The Morgan fingerprint density at radius 1 is 1.29 bits per heavy atom. The second-order valence-corrected chi connectivity index (χ2v) is 3.64. The first kappa shape index (κ1) is 11.0. The largest absolute Gasteiger partial charge is 0.384 e. The molecule has 0 amide bonds. The molecule has 1 heterocycles. The molecule has 14 heavy (non-hydrogen) atoms. The number of rotatable bonds is 1. The van der Waals surface area contributed by atoms with Crippen LogP contribution >= 0.6 is 0 Å². The summed E-state index contributed by atoms with van der Waals surface area (Å²) in [6.07, 6.45) is 2.65. The Morgan fingerprint density at radius 3 is 2.29 bits per heavy atom. The predicted molar refractivity (Wildman–Crippen MR) is 61.4 cm³/mol. The highest BCUT2D eigenvalue weighted by atomic mass is 14.8. The number of aromatic nitrogens is 1. The molecule has 0 bridgehead atoms. The van der Waals surface area contributed by atoms with Gasteiger partial charge >= 0.3 is 0 Å². The zero-order valence-electron chi connectivity index (χ0n) is 9.59. The van der Waals surface area contributed by atoms with Gasteiger partial charge in [0.15, 0.2) is 0 Å². The Balaban J connectivity index is 0.000000461. The smallest absolute Gasteiger partial charge is 0.123 e. The monoisotopic (exact) mass is 192 g/mol. The molecule has 0 radical (unpaired) electrons. The maximum Gasteiger partial charge on any atom is 0.123 e. The molecule has 1 saturated carbocycles. The summed E-state index contributed by atoms with van der Waals surface area (Å²) < 4.78 is 0. The molecule has 1 fully saturated rings. The number of nitrogen functional groups attached to an aromatic ring is 1. The van der Waals surface area contributed by atoms with Gasteiger partial charge in [-0.25, -0.2) is 4.98 Å². The van der Waals surface area contributed by atoms with Crippen LogP contribution in [0.5, 0.6) is 0 Å². The molecule has 0 unspecified atom stereocenters. The number of anilines is 1. The van der Waals surface area contributed by atoms with Crippen LogP contribution in [-0.4, -0.2) is 4.98 Å². The summed E-state index contributed by atoms with van der Waals surface area (Å²) in [5.41, 5.74) is 9.50. The summed E-state index contributed by atoms with van der Waals surface area (Å²) in [7, 11) is 0. The molecule has 0 aliphatic heterocycles. The van der Waals surface area contributed by atoms with E-state index in [1.807, 2.05) is 19.9 Å². The Bertz CT molecular complexity index is 291. The third-order valence-electron chi connectivity index (χ3n) is 2.46. The van der Waals surface area contributed by atoms with Crippen molar-refractivity contribution in [3.8, 4) is 0 Å². The van der Waals surface area contributed by atoms with E-state index in [0.717, 1.165) is 11.6 Å². The molecule has 1 aromatic rings. The van der Waals surface area contributed by atoms with Crippen LogP contribution in [0.1, 0.15) is 49.4 Å². The van der Waals surface area contributed by atoms with Gasteiger partial charge in [0.1, 0.15) is 5.82 Å². The van der Waals surface area contributed by atoms with E-state index in [1.165, 1.54) is 24.0 Å². The lowest BCUT2D eigenvalue weighted by Crippen LogP contribution is -1.99. The quantitative estimate of drug-likeness (QED) is 0.742. The first-order chi connectivity index (χ1) is 6.68. The molecular weight excluding hydrogens is 172 g/mol. The summed E-state index contributed by atoms with van der Waals surface area (Å²) in [6, 6.07) is 1.97. The number of nitrogens with two attached hydrogens (primary N) is 1. The zero-order valence-corrected chi connectivity index (χ0v) is 9.59. The Labute approximate surface area is 86.5 Å². The van der Waals surface area contributed by atoms with Crippen molar-refractivity contribution in [2.24, 2.45) is 0 Å². The van der Waals surface area contributed by atoms with Gasteiger partial charge in [0.25, 0.3) is 0 Å². The summed E-state index contributed by atoms with van der Waals surface area (Å²) in [4.78, 5) is 4.27. The summed E-state index contributed by atoms with van der Waals surface area (Å²) in [5.74, 6) is 1.42. The first-order valence-corrected chi connectivity index (χ1v) is 5.42. The van der Waals surface area contributed by atoms with Crippen LogP contribution in [0.2, 0.25) is 0 Å². The molecule has 2 rings (SSSR count). The minimum Gasteiger partial charge on any atom is -0.384 e. The standard InChI is InChI=1S/C10H14N2.C2H6/c1-6-5-9(11)12-7(2)10(6)8-3-4-8;1-2/h5,8H,3-4H2,1-2H3,(H2,11,12);1-2H3. The van der Waals surface area contributed by atoms with Crippen LogP contribution < -0.4 is 5.73 Å². The lowest BCUT2D eigenvalue weighted by Gasteiger charge is -2.08. The summed E-state index contributed by atoms with van der Waals surface area (Å²) in [6.45, 7) is 8.18. The number of hydrogen-bond acceptors (Lipinski definition) is 2. The molecule has 0 aromatic carbocycles. The Hall–Kier alpha value is -1.05. The molecule has 1 aliphatic carbocycles. The number of pyridine rings is 1. The first-order valence-electron chi connectivity index (χ1n) is 5.42. The van der Waals surface area contributed by atoms with Crippen molar-refractivity contribution in [1.82, 2.24) is 4.98 Å². The van der Waals surface area contributed by atoms with Crippen molar-refractivity contribution >= 4 is 5.82 Å². The fourth-order valence-corrected chi connectivity index (χ4v) is 1.86. The highest BCUT2D eigenvalue weighted by Crippen LogP contribution is 2.42. The average molecular weight is 192 g/mol. The molecular formula is C12H20N2. The third kappa shape index (κ3) is 2.25. The van der Waals surface area contributed by atoms with Crippen LogP contribution in [0.3, 0.4) is 0 Å². The average Bonchev–Trinajstić information content (AvgIpc) is 2.90. The molecule has 2 heteroatoms. The molecule has 0 spiro atoms. The fraction of sp³-hybridized carbons (Fsp3) is 0.583. The highest BCUT2D eigenvalue weighted by Gasteiger charge is 2.27. The molecule has 0 saturated heterocycles. The van der Waals surface area contributed by atoms with Gasteiger partial charge in [0.2, 0.25) is 0 Å². The van der Waals surface area contributed by atoms with Gasteiger partial charge in [0, 0.05) is 5.69 Å². The van der Waals surface area contributed by atoms with E-state index in [0.29, 0.717) is 5.82 Å². The van der Waals surface area contributed by atoms with Gasteiger partial charge in [0.05, 0.1) is 0 Å². The van der Waals surface area contributed by atoms with E-state index < -0.39 is 0 Å². The van der Waals surface area contributed by atoms with E-state index in [1.54, 1.807) is 0 Å². The van der Waals surface area contributed by atoms with Crippen molar-refractivity contribution in [2.45, 2.75) is 46.5 Å². The molecule has 1 aromatic heterocycles. The minimum atomic E-state index is 0.648. The topological polar surface area (TPSA) is 38.9 Å². The second kappa shape index (κ2) is 4.45. The van der Waals surface area contributed by atoms with Crippen LogP contribution in [0.4, 0.5) is 5.82 Å². The summed E-state index contributed by atoms with van der Waals surface area (Å²) >= 11 is 0. The van der Waals surface area contributed by atoms with Gasteiger partial charge in [-0.05, 0) is 49.8 Å². The molecule has 1 aliphatic rings. The van der Waals surface area contributed by atoms with Crippen molar-refractivity contribution in [2.75, 3.05) is 5.73 Å². The van der Waals surface area contributed by atoms with Crippen LogP contribution in [-0.2, 0) is 0 Å². The van der Waals surface area contributed by atoms with Gasteiger partial charge < -0.3 is 5.73 Å². The van der Waals surface area contributed by atoms with Gasteiger partial charge in [-0.3, -0.25) is 0 Å². The second-order valence-electron chi connectivity index (χ2n) is 3.64. The van der Waals surface area contributed by atoms with Crippen molar-refractivity contribution in [3.63, 3.8) is 0 Å². The van der Waals surface area contributed by atoms with Crippen molar-refractivity contribution < 1.29 is 0 Å². The third-order valence-corrected chi connectivity index (χ3v) is 2.46. The van der Waals surface area contributed by atoms with Gasteiger partial charge in [-0.2, -0.15) is 0 Å². The maximum absolute atomic E-state index is 5.64. The maximum atomic E-state index is 5.64. The molecule has 2 N–H and O–H groups in total. The van der Waals surface area contributed by atoms with Crippen LogP contribution in [0.15, 0.2) is 6.07 Å². The zero-order chi connectivity index (χ0) is 10.7. The molecule has 2 nitrogen and oxygen atoms in total. The number of hydrogen-bond donors (Lipinski definition) is 1. The van der Waals surface area contributed by atoms with Gasteiger partial charge in [-0.1, -0.05) is 13.8 Å². The Kier molecular flexibility index (Phi) is 3.50. The van der Waals surface area contributed by atoms with E-state index in [9.17, 15) is 0 Å². The van der Waals surface area contributed by atoms with E-state index >= 15 is 0 Å². The summed E-state index contributed by atoms with van der Waals surface area (Å²) in [5, 5.41) is 0. The van der Waals surface area contributed by atoms with Gasteiger partial charge in [-0.15, -0.1) is 0 Å².